The molecule has 2 rings (SSSR count). The monoisotopic (exact) mass is 288 g/mol. The molecular formula is C15H20N4O2. The number of ether oxygens (including phenoxy) is 1. The average Bonchev–Trinajstić information content (AvgIpc) is 2.97. The van der Waals surface area contributed by atoms with Gasteiger partial charge >= 0.3 is 0 Å². The van der Waals surface area contributed by atoms with Crippen LogP contribution in [0.4, 0.5) is 0 Å². The smallest absolute Gasteiger partial charge is 0.273 e. The maximum Gasteiger partial charge on any atom is 0.273 e. The number of aromatic nitrogens is 3. The molecule has 2 aromatic rings. The second-order valence-corrected chi connectivity index (χ2v) is 4.84. The largest absolute Gasteiger partial charge is 0.385 e. The number of methoxy groups -OCH3 is 1. The van der Waals surface area contributed by atoms with Crippen LogP contribution in [0.3, 0.4) is 0 Å². The summed E-state index contributed by atoms with van der Waals surface area (Å²) >= 11 is 0. The van der Waals surface area contributed by atoms with Gasteiger partial charge in [0, 0.05) is 20.3 Å². The van der Waals surface area contributed by atoms with Gasteiger partial charge in [-0.25, -0.2) is 4.68 Å². The van der Waals surface area contributed by atoms with Crippen LogP contribution < -0.4 is 5.32 Å². The van der Waals surface area contributed by atoms with Gasteiger partial charge in [-0.2, -0.15) is 0 Å². The second kappa shape index (κ2) is 7.54. The fourth-order valence-electron chi connectivity index (χ4n) is 1.86. The highest BCUT2D eigenvalue weighted by Gasteiger charge is 2.10. The summed E-state index contributed by atoms with van der Waals surface area (Å²) < 4.78 is 6.55. The third-order valence-corrected chi connectivity index (χ3v) is 3.09. The average molecular weight is 288 g/mol. The Bertz CT molecular complexity index is 578. The van der Waals surface area contributed by atoms with Gasteiger partial charge in [0.2, 0.25) is 0 Å². The summed E-state index contributed by atoms with van der Waals surface area (Å²) in [5.74, 6) is -0.203. The van der Waals surface area contributed by atoms with E-state index in [9.17, 15) is 4.79 Å². The molecule has 0 saturated carbocycles. The highest BCUT2D eigenvalue weighted by atomic mass is 16.5. The van der Waals surface area contributed by atoms with E-state index in [0.717, 1.165) is 18.5 Å². The molecule has 1 aromatic carbocycles. The van der Waals surface area contributed by atoms with Crippen molar-refractivity contribution >= 4 is 5.91 Å². The molecule has 0 aliphatic heterocycles. The topological polar surface area (TPSA) is 69.0 Å². The van der Waals surface area contributed by atoms with Crippen molar-refractivity contribution in [2.75, 3.05) is 20.3 Å². The first-order valence-corrected chi connectivity index (χ1v) is 6.97. The molecule has 0 radical (unpaired) electrons. The Morgan fingerprint density at radius 3 is 2.76 bits per heavy atom. The molecule has 1 aromatic heterocycles. The standard InChI is InChI=1S/C15H20N4O2/c1-12-5-7-13(8-6-12)19-11-14(17-18-19)15(20)16-9-3-4-10-21-2/h5-8,11H,3-4,9-10H2,1-2H3,(H,16,20). The molecule has 21 heavy (non-hydrogen) atoms. The predicted octanol–water partition coefficient (Wildman–Crippen LogP) is 1.73. The molecule has 6 heteroatoms. The van der Waals surface area contributed by atoms with Gasteiger partial charge in [-0.1, -0.05) is 22.9 Å². The molecule has 112 valence electrons. The molecule has 0 aliphatic rings. The highest BCUT2D eigenvalue weighted by molar-refractivity contribution is 5.91. The van der Waals surface area contributed by atoms with E-state index in [4.69, 9.17) is 4.74 Å². The van der Waals surface area contributed by atoms with Gasteiger partial charge in [0.15, 0.2) is 5.69 Å². The molecule has 0 unspecified atom stereocenters. The number of aryl methyl sites for hydroxylation is 1. The van der Waals surface area contributed by atoms with Crippen molar-refractivity contribution in [1.82, 2.24) is 20.3 Å². The van der Waals surface area contributed by atoms with Gasteiger partial charge in [-0.15, -0.1) is 5.10 Å². The molecule has 1 amide bonds. The van der Waals surface area contributed by atoms with Crippen LogP contribution in [-0.2, 0) is 4.74 Å². The summed E-state index contributed by atoms with van der Waals surface area (Å²) in [5, 5.41) is 10.7. The number of unbranched alkanes of at least 4 members (excludes halogenated alkanes) is 1. The summed E-state index contributed by atoms with van der Waals surface area (Å²) in [6, 6.07) is 7.87. The van der Waals surface area contributed by atoms with Crippen LogP contribution in [-0.4, -0.2) is 41.2 Å². The molecule has 0 aliphatic carbocycles. The summed E-state index contributed by atoms with van der Waals surface area (Å²) in [6.07, 6.45) is 3.44. The minimum absolute atomic E-state index is 0.203. The van der Waals surface area contributed by atoms with Gasteiger partial charge in [0.1, 0.15) is 0 Å². The van der Waals surface area contributed by atoms with E-state index in [1.807, 2.05) is 31.2 Å². The highest BCUT2D eigenvalue weighted by Crippen LogP contribution is 2.08. The van der Waals surface area contributed by atoms with Crippen LogP contribution in [0, 0.1) is 6.92 Å². The van der Waals surface area contributed by atoms with Crippen molar-refractivity contribution in [1.29, 1.82) is 0 Å². The Labute approximate surface area is 124 Å². The van der Waals surface area contributed by atoms with E-state index in [1.54, 1.807) is 18.0 Å². The Morgan fingerprint density at radius 2 is 2.05 bits per heavy atom. The minimum Gasteiger partial charge on any atom is -0.385 e. The molecule has 1 heterocycles. The lowest BCUT2D eigenvalue weighted by Gasteiger charge is -2.02. The number of carbonyl (C=O) groups is 1. The Balaban J connectivity index is 1.90. The van der Waals surface area contributed by atoms with E-state index in [0.29, 0.717) is 18.8 Å². The van der Waals surface area contributed by atoms with Crippen molar-refractivity contribution in [2.24, 2.45) is 0 Å². The number of nitrogens with zero attached hydrogens (tertiary/aromatic N) is 3. The summed E-state index contributed by atoms with van der Waals surface area (Å²) in [5.41, 5.74) is 2.38. The molecule has 0 spiro atoms. The molecule has 0 saturated heterocycles. The maximum absolute atomic E-state index is 11.9. The van der Waals surface area contributed by atoms with Gasteiger partial charge < -0.3 is 10.1 Å². The molecule has 0 fully saturated rings. The zero-order valence-corrected chi connectivity index (χ0v) is 12.4. The second-order valence-electron chi connectivity index (χ2n) is 4.84. The van der Waals surface area contributed by atoms with Crippen LogP contribution in [0.2, 0.25) is 0 Å². The van der Waals surface area contributed by atoms with Crippen molar-refractivity contribution in [2.45, 2.75) is 19.8 Å². The van der Waals surface area contributed by atoms with Gasteiger partial charge in [-0.3, -0.25) is 4.79 Å². The number of hydrogen-bond acceptors (Lipinski definition) is 4. The SMILES string of the molecule is COCCCCNC(=O)c1cn(-c2ccc(C)cc2)nn1. The van der Waals surface area contributed by atoms with E-state index in [1.165, 1.54) is 5.56 Å². The van der Waals surface area contributed by atoms with E-state index in [-0.39, 0.29) is 5.91 Å². The van der Waals surface area contributed by atoms with Crippen molar-refractivity contribution < 1.29 is 9.53 Å². The maximum atomic E-state index is 11.9. The van der Waals surface area contributed by atoms with Crippen molar-refractivity contribution in [3.63, 3.8) is 0 Å². The van der Waals surface area contributed by atoms with Gasteiger partial charge in [0.25, 0.3) is 5.91 Å². The lowest BCUT2D eigenvalue weighted by Crippen LogP contribution is -2.25. The van der Waals surface area contributed by atoms with Crippen LogP contribution in [0.25, 0.3) is 5.69 Å². The lowest BCUT2D eigenvalue weighted by molar-refractivity contribution is 0.0946. The third-order valence-electron chi connectivity index (χ3n) is 3.09. The third kappa shape index (κ3) is 4.39. The number of hydrogen-bond donors (Lipinski definition) is 1. The number of rotatable bonds is 7. The number of carbonyl (C=O) groups excluding carboxylic acids is 1. The Kier molecular flexibility index (Phi) is 5.45. The first kappa shape index (κ1) is 15.2. The molecule has 6 nitrogen and oxygen atoms in total. The number of amides is 1. The van der Waals surface area contributed by atoms with E-state index in [2.05, 4.69) is 15.6 Å². The number of nitrogens with one attached hydrogen (secondary N) is 1. The van der Waals surface area contributed by atoms with Gasteiger partial charge in [-0.05, 0) is 31.9 Å². The first-order valence-electron chi connectivity index (χ1n) is 6.97. The molecule has 1 N–H and O–H groups in total. The normalized spacial score (nSPS) is 10.6. The summed E-state index contributed by atoms with van der Waals surface area (Å²) in [6.45, 7) is 3.34. The predicted molar refractivity (Wildman–Crippen MR) is 79.5 cm³/mol. The minimum atomic E-state index is -0.203. The van der Waals surface area contributed by atoms with Crippen LogP contribution in [0.5, 0.6) is 0 Å². The zero-order valence-electron chi connectivity index (χ0n) is 12.4. The van der Waals surface area contributed by atoms with E-state index < -0.39 is 0 Å². The summed E-state index contributed by atoms with van der Waals surface area (Å²) in [4.78, 5) is 11.9. The molecule has 0 atom stereocenters. The molecular weight excluding hydrogens is 268 g/mol. The van der Waals surface area contributed by atoms with Crippen molar-refractivity contribution in [3.05, 3.63) is 41.7 Å². The van der Waals surface area contributed by atoms with Crippen LogP contribution in [0.15, 0.2) is 30.5 Å². The summed E-state index contributed by atoms with van der Waals surface area (Å²) in [7, 11) is 1.67. The zero-order chi connectivity index (χ0) is 15.1. The fourth-order valence-corrected chi connectivity index (χ4v) is 1.86. The number of benzene rings is 1. The van der Waals surface area contributed by atoms with Crippen molar-refractivity contribution in [3.8, 4) is 5.69 Å². The molecule has 0 bridgehead atoms. The van der Waals surface area contributed by atoms with Gasteiger partial charge in [0.05, 0.1) is 11.9 Å². The quantitative estimate of drug-likeness (QED) is 0.788. The van der Waals surface area contributed by atoms with Crippen LogP contribution in [0.1, 0.15) is 28.9 Å². The Hall–Kier alpha value is -2.21. The Morgan fingerprint density at radius 1 is 1.29 bits per heavy atom. The lowest BCUT2D eigenvalue weighted by atomic mass is 10.2. The fraction of sp³-hybridized carbons (Fsp3) is 0.400. The van der Waals surface area contributed by atoms with E-state index >= 15 is 0 Å². The van der Waals surface area contributed by atoms with Crippen LogP contribution >= 0.6 is 0 Å². The first-order chi connectivity index (χ1) is 10.2.